The van der Waals surface area contributed by atoms with Gasteiger partial charge in [0.15, 0.2) is 0 Å². The van der Waals surface area contributed by atoms with Crippen molar-refractivity contribution in [2.24, 2.45) is 0 Å². The second-order valence-corrected chi connectivity index (χ2v) is 6.50. The largest absolute Gasteiger partial charge is 0.618 e. The summed E-state index contributed by atoms with van der Waals surface area (Å²) in [5, 5.41) is 13.1. The minimum atomic E-state index is -0.742. The van der Waals surface area contributed by atoms with Crippen molar-refractivity contribution in [3.8, 4) is 22.9 Å². The van der Waals surface area contributed by atoms with Gasteiger partial charge in [-0.1, -0.05) is 48.5 Å². The summed E-state index contributed by atoms with van der Waals surface area (Å²) in [5.74, 6) is 0.0204. The fourth-order valence-electron chi connectivity index (χ4n) is 3.52. The van der Waals surface area contributed by atoms with Crippen LogP contribution in [0.2, 0.25) is 0 Å². The Morgan fingerprint density at radius 3 is 1.93 bits per heavy atom. The molecule has 3 aromatic carbocycles. The molecule has 0 spiro atoms. The second kappa shape index (κ2) is 6.42. The molecule has 2 aliphatic rings. The molecule has 0 atom stereocenters. The molecular weight excluding hydrogens is 368 g/mol. The van der Waals surface area contributed by atoms with E-state index in [2.05, 4.69) is 4.98 Å². The minimum Gasteiger partial charge on any atom is -0.618 e. The van der Waals surface area contributed by atoms with Crippen LogP contribution in [-0.2, 0) is 0 Å². The molecule has 0 N–H and O–H groups in total. The first-order chi connectivity index (χ1) is 14.2. The summed E-state index contributed by atoms with van der Waals surface area (Å²) in [7, 11) is 0. The zero-order chi connectivity index (χ0) is 20.0. The van der Waals surface area contributed by atoms with Crippen LogP contribution in [0, 0.1) is 5.21 Å². The molecule has 0 amide bonds. The van der Waals surface area contributed by atoms with Crippen LogP contribution in [0.3, 0.4) is 0 Å². The van der Waals surface area contributed by atoms with E-state index in [1.54, 1.807) is 59.2 Å². The highest BCUT2D eigenvalue weighted by atomic mass is 16.5. The fourth-order valence-corrected chi connectivity index (χ4v) is 3.52. The van der Waals surface area contributed by atoms with Gasteiger partial charge in [0.05, 0.1) is 5.69 Å². The van der Waals surface area contributed by atoms with Crippen molar-refractivity contribution in [1.29, 1.82) is 0 Å². The van der Waals surface area contributed by atoms with Crippen LogP contribution in [0.5, 0.6) is 0 Å². The Morgan fingerprint density at radius 2 is 1.28 bits per heavy atom. The number of benzene rings is 3. The Hall–Kier alpha value is -4.26. The van der Waals surface area contributed by atoms with Gasteiger partial charge in [0.2, 0.25) is 11.3 Å². The highest BCUT2D eigenvalue weighted by Gasteiger charge is 2.30. The zero-order valence-corrected chi connectivity index (χ0v) is 15.1. The van der Waals surface area contributed by atoms with Crippen LogP contribution < -0.4 is 16.0 Å². The van der Waals surface area contributed by atoms with Crippen LogP contribution in [0.15, 0.2) is 94.5 Å². The summed E-state index contributed by atoms with van der Waals surface area (Å²) in [6.07, 6.45) is 0. The van der Waals surface area contributed by atoms with Gasteiger partial charge in [0.25, 0.3) is 0 Å². The Balaban J connectivity index is 2.01. The van der Waals surface area contributed by atoms with Crippen molar-refractivity contribution in [1.82, 2.24) is 14.1 Å². The van der Waals surface area contributed by atoms with Crippen molar-refractivity contribution in [3.05, 3.63) is 111 Å². The molecule has 140 valence electrons. The molecule has 0 saturated carbocycles. The molecule has 0 aromatic heterocycles. The van der Waals surface area contributed by atoms with E-state index in [9.17, 15) is 14.8 Å². The Bertz CT molecular complexity index is 1440. The van der Waals surface area contributed by atoms with E-state index in [1.165, 1.54) is 0 Å². The van der Waals surface area contributed by atoms with E-state index in [0.29, 0.717) is 27.1 Å². The van der Waals surface area contributed by atoms with Crippen LogP contribution in [0.1, 0.15) is 0 Å². The zero-order valence-electron chi connectivity index (χ0n) is 15.1. The predicted octanol–water partition coefficient (Wildman–Crippen LogP) is 2.27. The Morgan fingerprint density at radius 1 is 0.724 bits per heavy atom. The lowest BCUT2D eigenvalue weighted by Gasteiger charge is -2.18. The highest BCUT2D eigenvalue weighted by molar-refractivity contribution is 5.78. The van der Waals surface area contributed by atoms with E-state index in [-0.39, 0.29) is 11.5 Å². The van der Waals surface area contributed by atoms with Crippen LogP contribution in [-0.4, -0.2) is 14.1 Å². The summed E-state index contributed by atoms with van der Waals surface area (Å²) in [4.78, 5) is 30.2. The summed E-state index contributed by atoms with van der Waals surface area (Å²) in [6, 6.07) is 24.5. The number of hydrogen-bond donors (Lipinski definition) is 0. The monoisotopic (exact) mass is 382 g/mol. The smallest absolute Gasteiger partial charge is 0.357 e. The van der Waals surface area contributed by atoms with Crippen LogP contribution >= 0.6 is 0 Å². The number of para-hydroxylation sites is 4. The Kier molecular flexibility index (Phi) is 3.74. The molecule has 29 heavy (non-hydrogen) atoms. The van der Waals surface area contributed by atoms with Gasteiger partial charge >= 0.3 is 16.9 Å². The Labute approximate surface area is 164 Å². The molecule has 0 radical (unpaired) electrons. The van der Waals surface area contributed by atoms with E-state index >= 15 is 0 Å². The highest BCUT2D eigenvalue weighted by Crippen LogP contribution is 2.23. The van der Waals surface area contributed by atoms with Crippen molar-refractivity contribution >= 4 is 11.0 Å². The molecule has 5 rings (SSSR count). The number of fused-ring (bicyclic) bond motifs is 2. The SMILES string of the molecule is O=c1nc2n(-c3ccccc3)c3ccccc3[n+]([O-])c-2c(=O)n1-c1ccccc1. The molecule has 0 aliphatic carbocycles. The third kappa shape index (κ3) is 2.52. The number of rotatable bonds is 2. The van der Waals surface area contributed by atoms with Gasteiger partial charge in [-0.2, -0.15) is 9.71 Å². The average molecular weight is 382 g/mol. The standard InChI is InChI=1S/C22H14N4O3/c27-21-19-20(23-22(28)25(21)16-11-5-2-6-12-16)24(15-9-3-1-4-10-15)17-13-7-8-14-18(17)26(19)29/h1-14H. The first kappa shape index (κ1) is 16.9. The third-order valence-corrected chi connectivity index (χ3v) is 4.80. The van der Waals surface area contributed by atoms with Gasteiger partial charge in [-0.05, 0) is 30.3 Å². The molecular formula is C22H14N4O3. The van der Waals surface area contributed by atoms with Crippen molar-refractivity contribution in [3.63, 3.8) is 0 Å². The number of hydrogen-bond acceptors (Lipinski definition) is 4. The van der Waals surface area contributed by atoms with E-state index in [4.69, 9.17) is 0 Å². The third-order valence-electron chi connectivity index (χ3n) is 4.80. The quantitative estimate of drug-likeness (QED) is 0.266. The lowest BCUT2D eigenvalue weighted by atomic mass is 10.2. The number of nitrogens with zero attached hydrogens (tertiary/aromatic N) is 4. The molecule has 0 fully saturated rings. The van der Waals surface area contributed by atoms with Gasteiger partial charge in [0, 0.05) is 11.8 Å². The molecule has 0 unspecified atom stereocenters. The average Bonchev–Trinajstić information content (AvgIpc) is 2.75. The summed E-state index contributed by atoms with van der Waals surface area (Å²) in [6.45, 7) is 0. The topological polar surface area (TPSA) is 83.8 Å². The molecule has 2 aliphatic heterocycles. The van der Waals surface area contributed by atoms with Crippen molar-refractivity contribution < 1.29 is 4.73 Å². The van der Waals surface area contributed by atoms with E-state index in [0.717, 1.165) is 4.57 Å². The fraction of sp³-hybridized carbons (Fsp3) is 0. The van der Waals surface area contributed by atoms with Crippen molar-refractivity contribution in [2.45, 2.75) is 0 Å². The van der Waals surface area contributed by atoms with Gasteiger partial charge < -0.3 is 5.21 Å². The molecule has 2 heterocycles. The van der Waals surface area contributed by atoms with Crippen molar-refractivity contribution in [2.75, 3.05) is 0 Å². The normalized spacial score (nSPS) is 11.2. The summed E-state index contributed by atoms with van der Waals surface area (Å²) >= 11 is 0. The molecule has 0 bridgehead atoms. The van der Waals surface area contributed by atoms with Crippen LogP contribution in [0.4, 0.5) is 0 Å². The number of aromatic nitrogens is 4. The summed E-state index contributed by atoms with van der Waals surface area (Å²) < 4.78 is 3.14. The maximum Gasteiger partial charge on any atom is 0.357 e. The van der Waals surface area contributed by atoms with Crippen LogP contribution in [0.25, 0.3) is 33.9 Å². The van der Waals surface area contributed by atoms with Gasteiger partial charge in [-0.15, -0.1) is 0 Å². The molecule has 7 nitrogen and oxygen atoms in total. The first-order valence-electron chi connectivity index (χ1n) is 8.98. The van der Waals surface area contributed by atoms with E-state index < -0.39 is 11.2 Å². The van der Waals surface area contributed by atoms with Gasteiger partial charge in [-0.3, -0.25) is 9.36 Å². The predicted molar refractivity (Wildman–Crippen MR) is 109 cm³/mol. The van der Waals surface area contributed by atoms with E-state index in [1.807, 2.05) is 30.3 Å². The lowest BCUT2D eigenvalue weighted by Crippen LogP contribution is -2.46. The molecule has 3 aromatic rings. The molecule has 7 heteroatoms. The second-order valence-electron chi connectivity index (χ2n) is 6.50. The maximum absolute atomic E-state index is 13.3. The van der Waals surface area contributed by atoms with Gasteiger partial charge in [0.1, 0.15) is 5.52 Å². The maximum atomic E-state index is 13.3. The van der Waals surface area contributed by atoms with Gasteiger partial charge in [-0.25, -0.2) is 9.36 Å². The minimum absolute atomic E-state index is 0.0204. The first-order valence-corrected chi connectivity index (χ1v) is 8.98. The summed E-state index contributed by atoms with van der Waals surface area (Å²) in [5.41, 5.74) is 0.252. The lowest BCUT2D eigenvalue weighted by molar-refractivity contribution is -0.566. The molecule has 0 saturated heterocycles.